The van der Waals surface area contributed by atoms with E-state index in [4.69, 9.17) is 0 Å². The van der Waals surface area contributed by atoms with Crippen molar-refractivity contribution in [3.63, 3.8) is 0 Å². The number of carbonyl (C=O) groups is 1. The number of hydrogen-bond donors (Lipinski definition) is 1. The van der Waals surface area contributed by atoms with E-state index in [1.165, 1.54) is 4.31 Å². The Morgan fingerprint density at radius 1 is 1.04 bits per heavy atom. The molecule has 0 aromatic heterocycles. The predicted octanol–water partition coefficient (Wildman–Crippen LogP) is 2.65. The van der Waals surface area contributed by atoms with Gasteiger partial charge in [0, 0.05) is 24.3 Å². The maximum absolute atomic E-state index is 12.9. The maximum atomic E-state index is 12.9. The smallest absolute Gasteiger partial charge is 0.255 e. The van der Waals surface area contributed by atoms with Crippen LogP contribution >= 0.6 is 0 Å². The summed E-state index contributed by atoms with van der Waals surface area (Å²) in [6.07, 6.45) is 1.66. The minimum Gasteiger partial charge on any atom is -0.322 e. The minimum absolute atomic E-state index is 0.0173. The molecule has 1 aliphatic heterocycles. The van der Waals surface area contributed by atoms with E-state index in [9.17, 15) is 13.2 Å². The van der Waals surface area contributed by atoms with Crippen LogP contribution in [0.1, 0.15) is 23.2 Å². The van der Waals surface area contributed by atoms with E-state index in [2.05, 4.69) is 10.2 Å². The molecule has 27 heavy (non-hydrogen) atoms. The van der Waals surface area contributed by atoms with Gasteiger partial charge in [-0.3, -0.25) is 4.79 Å². The summed E-state index contributed by atoms with van der Waals surface area (Å²) in [7, 11) is 0.147. The molecule has 0 bridgehead atoms. The summed E-state index contributed by atoms with van der Waals surface area (Å²) in [6.45, 7) is 1.80. The van der Waals surface area contributed by atoms with Gasteiger partial charge >= 0.3 is 0 Å². The lowest BCUT2D eigenvalue weighted by molar-refractivity contribution is 0.102. The standard InChI is InChI=1S/C20H25N3O3S/c1-22-14-12-18(13-15-22)23(2)27(25,26)19-10-8-17(9-11-19)21-20(24)16-6-4-3-5-7-16/h3-11,18H,12-15H2,1-2H3,(H,21,24). The van der Waals surface area contributed by atoms with Crippen molar-refractivity contribution in [1.82, 2.24) is 9.21 Å². The summed E-state index contributed by atoms with van der Waals surface area (Å²) in [5.41, 5.74) is 1.11. The van der Waals surface area contributed by atoms with Crippen molar-refractivity contribution < 1.29 is 13.2 Å². The zero-order chi connectivity index (χ0) is 19.4. The number of carbonyl (C=O) groups excluding carboxylic acids is 1. The molecule has 3 rings (SSSR count). The summed E-state index contributed by atoms with van der Waals surface area (Å²) in [4.78, 5) is 14.6. The van der Waals surface area contributed by atoms with Gasteiger partial charge in [-0.2, -0.15) is 4.31 Å². The van der Waals surface area contributed by atoms with Crippen molar-refractivity contribution in [3.8, 4) is 0 Å². The zero-order valence-electron chi connectivity index (χ0n) is 15.6. The third kappa shape index (κ3) is 4.55. The lowest BCUT2D eigenvalue weighted by Gasteiger charge is -2.34. The summed E-state index contributed by atoms with van der Waals surface area (Å²) >= 11 is 0. The molecule has 0 aliphatic carbocycles. The quantitative estimate of drug-likeness (QED) is 0.856. The lowest BCUT2D eigenvalue weighted by atomic mass is 10.1. The molecule has 7 heteroatoms. The Morgan fingerprint density at radius 3 is 2.22 bits per heavy atom. The first kappa shape index (κ1) is 19.5. The number of amides is 1. The summed E-state index contributed by atoms with van der Waals surface area (Å²) in [5, 5.41) is 2.78. The van der Waals surface area contributed by atoms with Gasteiger partial charge < -0.3 is 10.2 Å². The molecule has 0 saturated carbocycles. The van der Waals surface area contributed by atoms with Gasteiger partial charge in [-0.15, -0.1) is 0 Å². The summed E-state index contributed by atoms with van der Waals surface area (Å²) in [5.74, 6) is -0.227. The number of likely N-dealkylation sites (tertiary alicyclic amines) is 1. The van der Waals surface area contributed by atoms with Crippen LogP contribution in [0.5, 0.6) is 0 Å². The molecule has 0 radical (unpaired) electrons. The Bertz CT molecular complexity index is 874. The monoisotopic (exact) mass is 387 g/mol. The Morgan fingerprint density at radius 2 is 1.63 bits per heavy atom. The van der Waals surface area contributed by atoms with Gasteiger partial charge in [0.2, 0.25) is 10.0 Å². The molecule has 1 amide bonds. The number of nitrogens with one attached hydrogen (secondary N) is 1. The molecule has 1 fully saturated rings. The van der Waals surface area contributed by atoms with Gasteiger partial charge in [-0.1, -0.05) is 18.2 Å². The Kier molecular flexibility index (Phi) is 5.94. The second-order valence-corrected chi connectivity index (χ2v) is 8.90. The van der Waals surface area contributed by atoms with Gasteiger partial charge in [-0.05, 0) is 69.4 Å². The van der Waals surface area contributed by atoms with Gasteiger partial charge in [0.1, 0.15) is 0 Å². The molecule has 0 spiro atoms. The highest BCUT2D eigenvalue weighted by molar-refractivity contribution is 7.89. The van der Waals surface area contributed by atoms with Gasteiger partial charge in [-0.25, -0.2) is 8.42 Å². The molecule has 0 atom stereocenters. The molecule has 1 saturated heterocycles. The number of rotatable bonds is 5. The second kappa shape index (κ2) is 8.21. The van der Waals surface area contributed by atoms with Crippen molar-refractivity contribution in [2.75, 3.05) is 32.5 Å². The van der Waals surface area contributed by atoms with Crippen LogP contribution in [0, 0.1) is 0 Å². The van der Waals surface area contributed by atoms with Crippen molar-refractivity contribution >= 4 is 21.6 Å². The van der Waals surface area contributed by atoms with E-state index < -0.39 is 10.0 Å². The first-order chi connectivity index (χ1) is 12.9. The van der Waals surface area contributed by atoms with Gasteiger partial charge in [0.15, 0.2) is 0 Å². The third-order valence-corrected chi connectivity index (χ3v) is 6.95. The average molecular weight is 388 g/mol. The molecule has 2 aromatic rings. The first-order valence-electron chi connectivity index (χ1n) is 9.01. The second-order valence-electron chi connectivity index (χ2n) is 6.90. The van der Waals surface area contributed by atoms with E-state index >= 15 is 0 Å². The normalized spacial score (nSPS) is 16.4. The molecule has 144 valence electrons. The summed E-state index contributed by atoms with van der Waals surface area (Å²) < 4.78 is 27.3. The van der Waals surface area contributed by atoms with E-state index in [1.54, 1.807) is 55.6 Å². The molecular formula is C20H25N3O3S. The molecule has 1 N–H and O–H groups in total. The number of anilines is 1. The Hall–Kier alpha value is -2.22. The fourth-order valence-corrected chi connectivity index (χ4v) is 4.64. The molecule has 0 unspecified atom stereocenters. The Labute approximate surface area is 160 Å². The van der Waals surface area contributed by atoms with Crippen molar-refractivity contribution in [2.24, 2.45) is 0 Å². The predicted molar refractivity (Wildman–Crippen MR) is 106 cm³/mol. The van der Waals surface area contributed by atoms with Gasteiger partial charge in [0.25, 0.3) is 5.91 Å². The van der Waals surface area contributed by atoms with Crippen LogP contribution in [-0.2, 0) is 10.0 Å². The number of sulfonamides is 1. The topological polar surface area (TPSA) is 69.7 Å². The minimum atomic E-state index is -3.55. The molecule has 1 heterocycles. The van der Waals surface area contributed by atoms with Crippen LogP contribution in [0.15, 0.2) is 59.5 Å². The van der Waals surface area contributed by atoms with Crippen LogP contribution in [-0.4, -0.2) is 56.8 Å². The first-order valence-corrected chi connectivity index (χ1v) is 10.4. The van der Waals surface area contributed by atoms with Crippen LogP contribution in [0.2, 0.25) is 0 Å². The highest BCUT2D eigenvalue weighted by Gasteiger charge is 2.30. The van der Waals surface area contributed by atoms with E-state index in [1.807, 2.05) is 13.1 Å². The highest BCUT2D eigenvalue weighted by atomic mass is 32.2. The number of hydrogen-bond acceptors (Lipinski definition) is 4. The van der Waals surface area contributed by atoms with Crippen LogP contribution in [0.4, 0.5) is 5.69 Å². The van der Waals surface area contributed by atoms with E-state index in [-0.39, 0.29) is 16.8 Å². The largest absolute Gasteiger partial charge is 0.322 e. The van der Waals surface area contributed by atoms with E-state index in [0.29, 0.717) is 11.3 Å². The van der Waals surface area contributed by atoms with E-state index in [0.717, 1.165) is 25.9 Å². The lowest BCUT2D eigenvalue weighted by Crippen LogP contribution is -2.44. The fraction of sp³-hybridized carbons (Fsp3) is 0.350. The molecular weight excluding hydrogens is 362 g/mol. The van der Waals surface area contributed by atoms with Crippen molar-refractivity contribution in [1.29, 1.82) is 0 Å². The van der Waals surface area contributed by atoms with Crippen LogP contribution in [0.25, 0.3) is 0 Å². The maximum Gasteiger partial charge on any atom is 0.255 e. The van der Waals surface area contributed by atoms with Crippen molar-refractivity contribution in [2.45, 2.75) is 23.8 Å². The fourth-order valence-electron chi connectivity index (χ4n) is 3.22. The van der Waals surface area contributed by atoms with Crippen LogP contribution < -0.4 is 5.32 Å². The number of nitrogens with zero attached hydrogens (tertiary/aromatic N) is 2. The van der Waals surface area contributed by atoms with Crippen LogP contribution in [0.3, 0.4) is 0 Å². The third-order valence-electron chi connectivity index (χ3n) is 5.03. The SMILES string of the molecule is CN1CCC(N(C)S(=O)(=O)c2ccc(NC(=O)c3ccccc3)cc2)CC1. The van der Waals surface area contributed by atoms with Crippen molar-refractivity contribution in [3.05, 3.63) is 60.2 Å². The highest BCUT2D eigenvalue weighted by Crippen LogP contribution is 2.23. The number of piperidine rings is 1. The van der Waals surface area contributed by atoms with Gasteiger partial charge in [0.05, 0.1) is 4.90 Å². The molecule has 1 aliphatic rings. The number of benzene rings is 2. The Balaban J connectivity index is 1.69. The zero-order valence-corrected chi connectivity index (χ0v) is 16.4. The average Bonchev–Trinajstić information content (AvgIpc) is 2.69. The molecule has 2 aromatic carbocycles. The summed E-state index contributed by atoms with van der Waals surface area (Å²) in [6, 6.07) is 15.2. The molecule has 6 nitrogen and oxygen atoms in total.